The summed E-state index contributed by atoms with van der Waals surface area (Å²) in [5.41, 5.74) is 2.44. The number of hydrogen-bond donors (Lipinski definition) is 2. The normalized spacial score (nSPS) is 20.2. The van der Waals surface area contributed by atoms with Gasteiger partial charge in [-0.1, -0.05) is 17.3 Å². The molecular formula is C28H34FN7O2. The van der Waals surface area contributed by atoms with E-state index in [2.05, 4.69) is 25.8 Å². The monoisotopic (exact) mass is 519 g/mol. The number of likely N-dealkylation sites (N-methyl/N-ethyl adjacent to an activating group) is 1. The number of carbonyl (C=O) groups is 2. The number of aromatic nitrogens is 3. The number of rotatable bonds is 10. The Morgan fingerprint density at radius 2 is 1.79 bits per heavy atom. The lowest BCUT2D eigenvalue weighted by Crippen LogP contribution is -2.54. The van der Waals surface area contributed by atoms with Crippen molar-refractivity contribution >= 4 is 11.8 Å². The molecule has 2 amide bonds. The van der Waals surface area contributed by atoms with Crippen LogP contribution >= 0.6 is 0 Å². The zero-order valence-electron chi connectivity index (χ0n) is 21.6. The van der Waals surface area contributed by atoms with Crippen molar-refractivity contribution in [1.29, 1.82) is 0 Å². The Balaban J connectivity index is 1.16. The summed E-state index contributed by atoms with van der Waals surface area (Å²) in [6, 6.07) is 13.5. The molecule has 0 spiro atoms. The second-order valence-electron chi connectivity index (χ2n) is 10.1. The zero-order valence-corrected chi connectivity index (χ0v) is 21.6. The van der Waals surface area contributed by atoms with Crippen molar-refractivity contribution in [2.24, 2.45) is 0 Å². The predicted octanol–water partition coefficient (Wildman–Crippen LogP) is 2.20. The van der Waals surface area contributed by atoms with Crippen molar-refractivity contribution in [2.45, 2.75) is 37.3 Å². The van der Waals surface area contributed by atoms with Crippen LogP contribution in [0.15, 0.2) is 60.9 Å². The van der Waals surface area contributed by atoms with Gasteiger partial charge < -0.3 is 20.4 Å². The molecule has 1 aliphatic heterocycles. The van der Waals surface area contributed by atoms with Crippen LogP contribution in [0.4, 0.5) is 4.39 Å². The van der Waals surface area contributed by atoms with Gasteiger partial charge in [0.15, 0.2) is 0 Å². The van der Waals surface area contributed by atoms with Gasteiger partial charge in [-0.2, -0.15) is 0 Å². The van der Waals surface area contributed by atoms with Gasteiger partial charge >= 0.3 is 0 Å². The molecule has 0 bridgehead atoms. The maximum absolute atomic E-state index is 13.4. The number of hydrogen-bond acceptors (Lipinski definition) is 6. The second kappa shape index (κ2) is 11.8. The Kier molecular flexibility index (Phi) is 8.09. The predicted molar refractivity (Wildman–Crippen MR) is 141 cm³/mol. The number of carbonyl (C=O) groups excluding carboxylic acids is 2. The van der Waals surface area contributed by atoms with Gasteiger partial charge in [-0.3, -0.25) is 9.59 Å². The van der Waals surface area contributed by atoms with Gasteiger partial charge in [-0.25, -0.2) is 9.07 Å². The highest BCUT2D eigenvalue weighted by molar-refractivity contribution is 5.97. The SMILES string of the molecule is CN1CCN(C(=O)[C@H](CCCN[C@@H]2C[C@@H]2c2ccc(F)cc2)NC(=O)c2ccc(-n3ccnn3)cc2)CC1. The van der Waals surface area contributed by atoms with Crippen LogP contribution in [0.25, 0.3) is 5.69 Å². The highest BCUT2D eigenvalue weighted by atomic mass is 19.1. The molecule has 38 heavy (non-hydrogen) atoms. The first kappa shape index (κ1) is 26.0. The van der Waals surface area contributed by atoms with E-state index in [1.165, 1.54) is 12.1 Å². The van der Waals surface area contributed by atoms with Gasteiger partial charge in [0.1, 0.15) is 11.9 Å². The largest absolute Gasteiger partial charge is 0.340 e. The standard InChI is InChI=1S/C28H34FN7O2/c1-34-15-17-35(18-16-34)28(38)25(3-2-12-30-26-19-24(26)20-4-8-22(29)9-5-20)32-27(37)21-6-10-23(11-7-21)36-14-13-31-33-36/h4-11,13-14,24-26,30H,2-3,12,15-19H2,1H3,(H,32,37)/t24-,25+,26-/m1/s1. The Hall–Kier alpha value is -3.63. The molecule has 200 valence electrons. The first-order valence-electron chi connectivity index (χ1n) is 13.2. The van der Waals surface area contributed by atoms with Gasteiger partial charge in [-0.15, -0.1) is 5.10 Å². The van der Waals surface area contributed by atoms with E-state index >= 15 is 0 Å². The van der Waals surface area contributed by atoms with E-state index < -0.39 is 6.04 Å². The lowest BCUT2D eigenvalue weighted by molar-refractivity contribution is -0.135. The highest BCUT2D eigenvalue weighted by Crippen LogP contribution is 2.40. The fourth-order valence-corrected chi connectivity index (χ4v) is 4.95. The summed E-state index contributed by atoms with van der Waals surface area (Å²) in [7, 11) is 2.05. The van der Waals surface area contributed by atoms with Gasteiger partial charge in [0.25, 0.3) is 5.91 Å². The molecule has 0 unspecified atom stereocenters. The molecule has 2 fully saturated rings. The van der Waals surface area contributed by atoms with Crippen molar-refractivity contribution in [1.82, 2.24) is 35.4 Å². The number of nitrogens with one attached hydrogen (secondary N) is 2. The minimum Gasteiger partial charge on any atom is -0.340 e. The fourth-order valence-electron chi connectivity index (χ4n) is 4.95. The van der Waals surface area contributed by atoms with Crippen molar-refractivity contribution in [3.8, 4) is 5.69 Å². The molecule has 1 aliphatic carbocycles. The molecule has 2 aliphatic rings. The van der Waals surface area contributed by atoms with Crippen molar-refractivity contribution in [3.05, 3.63) is 77.9 Å². The molecule has 2 heterocycles. The molecular weight excluding hydrogens is 485 g/mol. The number of halogens is 1. The molecule has 1 saturated heterocycles. The smallest absolute Gasteiger partial charge is 0.251 e. The van der Waals surface area contributed by atoms with E-state index in [-0.39, 0.29) is 17.6 Å². The fraction of sp³-hybridized carbons (Fsp3) is 0.429. The Morgan fingerprint density at radius 3 is 2.47 bits per heavy atom. The minimum atomic E-state index is -0.588. The topological polar surface area (TPSA) is 95.4 Å². The Morgan fingerprint density at radius 1 is 1.05 bits per heavy atom. The van der Waals surface area contributed by atoms with Gasteiger partial charge in [0, 0.05) is 43.7 Å². The van der Waals surface area contributed by atoms with Crippen LogP contribution in [0.5, 0.6) is 0 Å². The molecule has 2 N–H and O–H groups in total. The number of nitrogens with zero attached hydrogens (tertiary/aromatic N) is 5. The van der Waals surface area contributed by atoms with Gasteiger partial charge in [0.2, 0.25) is 5.91 Å². The van der Waals surface area contributed by atoms with Crippen LogP contribution in [0.3, 0.4) is 0 Å². The summed E-state index contributed by atoms with van der Waals surface area (Å²) in [6.07, 6.45) is 5.65. The van der Waals surface area contributed by atoms with E-state index in [0.717, 1.165) is 43.7 Å². The highest BCUT2D eigenvalue weighted by Gasteiger charge is 2.37. The average Bonchev–Trinajstić information content (AvgIpc) is 3.49. The van der Waals surface area contributed by atoms with E-state index in [4.69, 9.17) is 0 Å². The van der Waals surface area contributed by atoms with Crippen LogP contribution in [0.1, 0.15) is 41.1 Å². The van der Waals surface area contributed by atoms with Crippen molar-refractivity contribution in [3.63, 3.8) is 0 Å². The van der Waals surface area contributed by atoms with Crippen molar-refractivity contribution in [2.75, 3.05) is 39.8 Å². The third kappa shape index (κ3) is 6.43. The van der Waals surface area contributed by atoms with Gasteiger partial charge in [0.05, 0.1) is 18.1 Å². The number of benzene rings is 2. The summed E-state index contributed by atoms with van der Waals surface area (Å²) in [6.45, 7) is 3.72. The van der Waals surface area contributed by atoms with E-state index in [0.29, 0.717) is 37.0 Å². The van der Waals surface area contributed by atoms with Crippen LogP contribution in [-0.4, -0.2) is 88.5 Å². The molecule has 3 aromatic rings. The summed E-state index contributed by atoms with van der Waals surface area (Å²) >= 11 is 0. The first-order valence-corrected chi connectivity index (χ1v) is 13.2. The van der Waals surface area contributed by atoms with E-state index in [1.807, 2.05) is 24.1 Å². The van der Waals surface area contributed by atoms with E-state index in [9.17, 15) is 14.0 Å². The maximum atomic E-state index is 13.4. The van der Waals surface area contributed by atoms with E-state index in [1.54, 1.807) is 41.3 Å². The molecule has 0 radical (unpaired) electrons. The third-order valence-corrected chi connectivity index (χ3v) is 7.40. The van der Waals surface area contributed by atoms with Crippen LogP contribution < -0.4 is 10.6 Å². The molecule has 3 atom stereocenters. The first-order chi connectivity index (χ1) is 18.5. The molecule has 1 saturated carbocycles. The molecule has 10 heteroatoms. The quantitative estimate of drug-likeness (QED) is 0.399. The van der Waals surface area contributed by atoms with Crippen molar-refractivity contribution < 1.29 is 14.0 Å². The maximum Gasteiger partial charge on any atom is 0.251 e. The second-order valence-corrected chi connectivity index (χ2v) is 10.1. The Labute approximate surface area is 222 Å². The number of amides is 2. The summed E-state index contributed by atoms with van der Waals surface area (Å²) in [4.78, 5) is 30.6. The van der Waals surface area contributed by atoms with Crippen LogP contribution in [0.2, 0.25) is 0 Å². The third-order valence-electron chi connectivity index (χ3n) is 7.40. The van der Waals surface area contributed by atoms with Crippen LogP contribution in [-0.2, 0) is 4.79 Å². The molecule has 9 nitrogen and oxygen atoms in total. The molecule has 2 aromatic carbocycles. The summed E-state index contributed by atoms with van der Waals surface area (Å²) in [5, 5.41) is 14.3. The average molecular weight is 520 g/mol. The minimum absolute atomic E-state index is 0.0266. The molecule has 5 rings (SSSR count). The lowest BCUT2D eigenvalue weighted by atomic mass is 10.1. The molecule has 1 aromatic heterocycles. The number of piperazine rings is 1. The van der Waals surface area contributed by atoms with Crippen LogP contribution in [0, 0.1) is 5.82 Å². The lowest BCUT2D eigenvalue weighted by Gasteiger charge is -2.34. The summed E-state index contributed by atoms with van der Waals surface area (Å²) < 4.78 is 14.8. The summed E-state index contributed by atoms with van der Waals surface area (Å²) in [5.74, 6) is -0.114. The van der Waals surface area contributed by atoms with Gasteiger partial charge in [-0.05, 0) is 74.8 Å². The zero-order chi connectivity index (χ0) is 26.5. The Bertz CT molecular complexity index is 1210.